The second-order valence-electron chi connectivity index (χ2n) is 6.57. The van der Waals surface area contributed by atoms with Gasteiger partial charge in [-0.05, 0) is 35.3 Å². The topological polar surface area (TPSA) is 67.2 Å². The molecule has 4 rings (SSSR count). The van der Waals surface area contributed by atoms with Crippen molar-refractivity contribution in [2.45, 2.75) is 25.8 Å². The minimum atomic E-state index is -0.984. The SMILES string of the molecule is CC(C)c1ccc(C2C=C(C(=O)O)Nc3nc4ccccc4n32)cc1. The van der Waals surface area contributed by atoms with E-state index in [2.05, 4.69) is 48.4 Å². The minimum Gasteiger partial charge on any atom is -0.477 e. The van der Waals surface area contributed by atoms with E-state index in [4.69, 9.17) is 0 Å². The van der Waals surface area contributed by atoms with E-state index in [0.29, 0.717) is 11.9 Å². The average molecular weight is 333 g/mol. The molecule has 1 atom stereocenters. The van der Waals surface area contributed by atoms with Crippen molar-refractivity contribution >= 4 is 23.0 Å². The smallest absolute Gasteiger partial charge is 0.352 e. The van der Waals surface area contributed by atoms with Crippen LogP contribution in [-0.2, 0) is 4.79 Å². The molecule has 5 nitrogen and oxygen atoms in total. The lowest BCUT2D eigenvalue weighted by Gasteiger charge is -2.25. The number of aliphatic carboxylic acids is 1. The lowest BCUT2D eigenvalue weighted by molar-refractivity contribution is -0.132. The van der Waals surface area contributed by atoms with Crippen LogP contribution in [0.2, 0.25) is 0 Å². The van der Waals surface area contributed by atoms with Gasteiger partial charge in [-0.15, -0.1) is 0 Å². The second-order valence-corrected chi connectivity index (χ2v) is 6.57. The van der Waals surface area contributed by atoms with Crippen molar-refractivity contribution < 1.29 is 9.90 Å². The molecule has 0 spiro atoms. The number of nitrogens with zero attached hydrogens (tertiary/aromatic N) is 2. The molecule has 2 heterocycles. The van der Waals surface area contributed by atoms with Gasteiger partial charge in [-0.3, -0.25) is 4.57 Å². The molecule has 2 N–H and O–H groups in total. The fraction of sp³-hybridized carbons (Fsp3) is 0.200. The van der Waals surface area contributed by atoms with E-state index in [1.807, 2.05) is 28.8 Å². The van der Waals surface area contributed by atoms with Gasteiger partial charge >= 0.3 is 5.97 Å². The van der Waals surface area contributed by atoms with Crippen LogP contribution in [0.25, 0.3) is 11.0 Å². The van der Waals surface area contributed by atoms with Crippen molar-refractivity contribution in [3.8, 4) is 0 Å². The van der Waals surface area contributed by atoms with Gasteiger partial charge in [-0.25, -0.2) is 9.78 Å². The molecule has 1 unspecified atom stereocenters. The van der Waals surface area contributed by atoms with Crippen LogP contribution in [0.15, 0.2) is 60.3 Å². The number of carboxylic acid groups (broad SMARTS) is 1. The third kappa shape index (κ3) is 2.58. The highest BCUT2D eigenvalue weighted by Gasteiger charge is 2.27. The summed E-state index contributed by atoms with van der Waals surface area (Å²) in [7, 11) is 0. The Bertz CT molecular complexity index is 984. The first-order valence-electron chi connectivity index (χ1n) is 8.33. The molecule has 2 aromatic carbocycles. The summed E-state index contributed by atoms with van der Waals surface area (Å²) in [6.07, 6.45) is 1.74. The molecular weight excluding hydrogens is 314 g/mol. The molecule has 0 fully saturated rings. The van der Waals surface area contributed by atoms with Gasteiger partial charge in [0.05, 0.1) is 17.1 Å². The van der Waals surface area contributed by atoms with Crippen LogP contribution in [0.3, 0.4) is 0 Å². The van der Waals surface area contributed by atoms with Crippen LogP contribution >= 0.6 is 0 Å². The van der Waals surface area contributed by atoms with Gasteiger partial charge in [-0.1, -0.05) is 50.2 Å². The van der Waals surface area contributed by atoms with Gasteiger partial charge in [0.2, 0.25) is 5.95 Å². The predicted octanol–water partition coefficient (Wildman–Crippen LogP) is 4.14. The van der Waals surface area contributed by atoms with E-state index in [1.165, 1.54) is 5.56 Å². The number of para-hydroxylation sites is 2. The van der Waals surface area contributed by atoms with Crippen LogP contribution in [-0.4, -0.2) is 20.6 Å². The fourth-order valence-electron chi connectivity index (χ4n) is 3.26. The fourth-order valence-corrected chi connectivity index (χ4v) is 3.26. The zero-order chi connectivity index (χ0) is 17.6. The number of benzene rings is 2. The number of anilines is 1. The Morgan fingerprint density at radius 2 is 1.88 bits per heavy atom. The second kappa shape index (κ2) is 5.77. The van der Waals surface area contributed by atoms with E-state index in [0.717, 1.165) is 16.6 Å². The number of rotatable bonds is 3. The van der Waals surface area contributed by atoms with Crippen LogP contribution in [0.5, 0.6) is 0 Å². The molecule has 3 aromatic rings. The molecule has 126 valence electrons. The molecule has 0 bridgehead atoms. The van der Waals surface area contributed by atoms with E-state index in [9.17, 15) is 9.90 Å². The van der Waals surface area contributed by atoms with E-state index in [-0.39, 0.29) is 11.7 Å². The largest absolute Gasteiger partial charge is 0.477 e. The summed E-state index contributed by atoms with van der Waals surface area (Å²) in [4.78, 5) is 16.1. The van der Waals surface area contributed by atoms with Crippen molar-refractivity contribution in [1.29, 1.82) is 0 Å². The molecule has 0 radical (unpaired) electrons. The molecule has 0 saturated heterocycles. The molecule has 0 saturated carbocycles. The van der Waals surface area contributed by atoms with Crippen molar-refractivity contribution in [3.05, 3.63) is 71.4 Å². The molecule has 1 aliphatic heterocycles. The van der Waals surface area contributed by atoms with Crippen LogP contribution in [0.1, 0.15) is 36.9 Å². The number of carbonyl (C=O) groups is 1. The predicted molar refractivity (Wildman–Crippen MR) is 97.7 cm³/mol. The Kier molecular flexibility index (Phi) is 3.57. The van der Waals surface area contributed by atoms with Crippen molar-refractivity contribution in [3.63, 3.8) is 0 Å². The summed E-state index contributed by atoms with van der Waals surface area (Å²) in [5.74, 6) is 0.0259. The van der Waals surface area contributed by atoms with Gasteiger partial charge < -0.3 is 10.4 Å². The number of imidazole rings is 1. The van der Waals surface area contributed by atoms with Gasteiger partial charge in [0.1, 0.15) is 5.70 Å². The van der Waals surface area contributed by atoms with Gasteiger partial charge in [0.25, 0.3) is 0 Å². The monoisotopic (exact) mass is 333 g/mol. The first-order valence-corrected chi connectivity index (χ1v) is 8.33. The molecule has 0 amide bonds. The summed E-state index contributed by atoms with van der Waals surface area (Å²) in [6, 6.07) is 16.0. The molecule has 5 heteroatoms. The first-order chi connectivity index (χ1) is 12.0. The maximum Gasteiger partial charge on any atom is 0.352 e. The maximum absolute atomic E-state index is 11.5. The molecule has 1 aromatic heterocycles. The Labute approximate surface area is 145 Å². The summed E-state index contributed by atoms with van der Waals surface area (Å²) in [6.45, 7) is 4.31. The van der Waals surface area contributed by atoms with Crippen LogP contribution < -0.4 is 5.32 Å². The lowest BCUT2D eigenvalue weighted by atomic mass is 9.98. The zero-order valence-electron chi connectivity index (χ0n) is 14.1. The maximum atomic E-state index is 11.5. The minimum absolute atomic E-state index is 0.153. The normalized spacial score (nSPS) is 16.4. The Morgan fingerprint density at radius 3 is 2.56 bits per heavy atom. The molecule has 0 aliphatic carbocycles. The van der Waals surface area contributed by atoms with Crippen molar-refractivity contribution in [2.24, 2.45) is 0 Å². The number of hydrogen-bond acceptors (Lipinski definition) is 3. The summed E-state index contributed by atoms with van der Waals surface area (Å²) in [5.41, 5.74) is 4.27. The zero-order valence-corrected chi connectivity index (χ0v) is 14.1. The average Bonchev–Trinajstić information content (AvgIpc) is 2.99. The number of nitrogens with one attached hydrogen (secondary N) is 1. The van der Waals surface area contributed by atoms with Crippen LogP contribution in [0, 0.1) is 0 Å². The first kappa shape index (κ1) is 15.4. The summed E-state index contributed by atoms with van der Waals surface area (Å²) >= 11 is 0. The number of fused-ring (bicyclic) bond motifs is 3. The highest BCUT2D eigenvalue weighted by molar-refractivity contribution is 5.92. The molecule has 1 aliphatic rings. The van der Waals surface area contributed by atoms with Gasteiger partial charge in [-0.2, -0.15) is 0 Å². The molecule has 25 heavy (non-hydrogen) atoms. The van der Waals surface area contributed by atoms with E-state index in [1.54, 1.807) is 6.08 Å². The highest BCUT2D eigenvalue weighted by Crippen LogP contribution is 2.34. The number of aromatic nitrogens is 2. The Morgan fingerprint density at radius 1 is 1.16 bits per heavy atom. The number of allylic oxidation sites excluding steroid dienone is 1. The molecular formula is C20H19N3O2. The highest BCUT2D eigenvalue weighted by atomic mass is 16.4. The Balaban J connectivity index is 1.89. The third-order valence-electron chi connectivity index (χ3n) is 4.62. The van der Waals surface area contributed by atoms with Crippen molar-refractivity contribution in [2.75, 3.05) is 5.32 Å². The number of carboxylic acids is 1. The standard InChI is InChI=1S/C20H19N3O2/c1-12(2)13-7-9-14(10-8-13)18-11-16(19(24)25)22-20-21-15-5-3-4-6-17(15)23(18)20/h3-12,18H,1-2H3,(H,21,22)(H,24,25). The summed E-state index contributed by atoms with van der Waals surface area (Å²) < 4.78 is 2.05. The van der Waals surface area contributed by atoms with Crippen LogP contribution in [0.4, 0.5) is 5.95 Å². The van der Waals surface area contributed by atoms with E-state index >= 15 is 0 Å². The van der Waals surface area contributed by atoms with Gasteiger partial charge in [0, 0.05) is 0 Å². The third-order valence-corrected chi connectivity index (χ3v) is 4.62. The van der Waals surface area contributed by atoms with Gasteiger partial charge in [0.15, 0.2) is 0 Å². The van der Waals surface area contributed by atoms with E-state index < -0.39 is 5.97 Å². The summed E-state index contributed by atoms with van der Waals surface area (Å²) in [5, 5.41) is 12.4. The van der Waals surface area contributed by atoms with Crippen molar-refractivity contribution in [1.82, 2.24) is 9.55 Å². The Hall–Kier alpha value is -3.08. The quantitative estimate of drug-likeness (QED) is 0.756. The number of hydrogen-bond donors (Lipinski definition) is 2. The lowest BCUT2D eigenvalue weighted by Crippen LogP contribution is -2.23.